The number of Topliss-reactive ketones (excluding diaryl/α,β-unsaturated/α-hetero) is 2. The number of nitrogens with zero attached hydrogens (tertiary/aromatic N) is 4. The molecule has 2 amide bonds. The number of para-hydroxylation sites is 1. The average molecular weight is 557 g/mol. The van der Waals surface area contributed by atoms with Crippen LogP contribution in [0.4, 0.5) is 5.69 Å². The minimum Gasteiger partial charge on any atom is -0.342 e. The fraction of sp³-hybridized carbons (Fsp3) is 0.138. The Balaban J connectivity index is 1.51. The summed E-state index contributed by atoms with van der Waals surface area (Å²) in [5.74, 6) is -1.47. The van der Waals surface area contributed by atoms with Gasteiger partial charge >= 0.3 is 0 Å². The third-order valence-electron chi connectivity index (χ3n) is 5.89. The van der Waals surface area contributed by atoms with E-state index in [1.54, 1.807) is 66.7 Å². The van der Waals surface area contributed by atoms with Gasteiger partial charge in [-0.25, -0.2) is 0 Å². The Morgan fingerprint density at radius 1 is 1.00 bits per heavy atom. The van der Waals surface area contributed by atoms with Gasteiger partial charge in [0.1, 0.15) is 6.33 Å². The number of rotatable bonds is 11. The zero-order chi connectivity index (χ0) is 28.5. The fourth-order valence-corrected chi connectivity index (χ4v) is 4.05. The van der Waals surface area contributed by atoms with Gasteiger partial charge in [-0.3, -0.25) is 19.2 Å². The molecule has 0 aliphatic heterocycles. The SMILES string of the molecule is CC(=O)c1ccc(CC(=O)[C@H](CC(=O)Nc2ccccc2)NC(=O)/C=C/c2cc(Cl)ccc2-n2cnnn2)cc1. The summed E-state index contributed by atoms with van der Waals surface area (Å²) in [6, 6.07) is 19.3. The van der Waals surface area contributed by atoms with Gasteiger partial charge in [0, 0.05) is 34.3 Å². The molecule has 1 heterocycles. The van der Waals surface area contributed by atoms with Crippen LogP contribution in [0.5, 0.6) is 0 Å². The Hall–Kier alpha value is -4.96. The maximum Gasteiger partial charge on any atom is 0.244 e. The van der Waals surface area contributed by atoms with E-state index in [-0.39, 0.29) is 24.4 Å². The van der Waals surface area contributed by atoms with Crippen LogP contribution in [0.25, 0.3) is 11.8 Å². The van der Waals surface area contributed by atoms with Gasteiger partial charge in [-0.05, 0) is 59.3 Å². The molecule has 0 saturated heterocycles. The third kappa shape index (κ3) is 7.78. The van der Waals surface area contributed by atoms with Gasteiger partial charge < -0.3 is 10.6 Å². The van der Waals surface area contributed by atoms with Gasteiger partial charge in [0.25, 0.3) is 0 Å². The first kappa shape index (κ1) is 28.1. The molecule has 10 nitrogen and oxygen atoms in total. The van der Waals surface area contributed by atoms with Crippen molar-refractivity contribution < 1.29 is 19.2 Å². The summed E-state index contributed by atoms with van der Waals surface area (Å²) in [5.41, 5.74) is 2.89. The maximum absolute atomic E-state index is 13.3. The quantitative estimate of drug-likeness (QED) is 0.211. The van der Waals surface area contributed by atoms with Crippen molar-refractivity contribution in [2.45, 2.75) is 25.8 Å². The van der Waals surface area contributed by atoms with Crippen LogP contribution in [0.15, 0.2) is 85.2 Å². The second-order valence-corrected chi connectivity index (χ2v) is 9.30. The number of ketones is 2. The summed E-state index contributed by atoms with van der Waals surface area (Å²) in [4.78, 5) is 50.5. The summed E-state index contributed by atoms with van der Waals surface area (Å²) in [6.07, 6.45) is 3.86. The maximum atomic E-state index is 13.3. The predicted octanol–water partition coefficient (Wildman–Crippen LogP) is 3.86. The number of tetrazole rings is 1. The molecule has 0 unspecified atom stereocenters. The molecular weight excluding hydrogens is 532 g/mol. The van der Waals surface area contributed by atoms with E-state index in [4.69, 9.17) is 11.6 Å². The molecule has 202 valence electrons. The number of halogens is 1. The molecule has 0 aliphatic carbocycles. The van der Waals surface area contributed by atoms with Crippen LogP contribution in [0.3, 0.4) is 0 Å². The molecule has 0 spiro atoms. The number of carbonyl (C=O) groups is 4. The highest BCUT2D eigenvalue weighted by molar-refractivity contribution is 6.30. The lowest BCUT2D eigenvalue weighted by molar-refractivity contribution is -0.127. The first-order chi connectivity index (χ1) is 19.3. The number of aromatic nitrogens is 4. The number of carbonyl (C=O) groups excluding carboxylic acids is 4. The predicted molar refractivity (Wildman–Crippen MR) is 150 cm³/mol. The second kappa shape index (κ2) is 13.2. The molecule has 0 saturated carbocycles. The van der Waals surface area contributed by atoms with E-state index in [1.165, 1.54) is 30.1 Å². The number of anilines is 1. The van der Waals surface area contributed by atoms with Gasteiger partial charge in [0.2, 0.25) is 11.8 Å². The Bertz CT molecular complexity index is 1540. The first-order valence-electron chi connectivity index (χ1n) is 12.3. The highest BCUT2D eigenvalue weighted by Gasteiger charge is 2.24. The smallest absolute Gasteiger partial charge is 0.244 e. The molecule has 0 aliphatic rings. The minimum atomic E-state index is -1.10. The van der Waals surface area contributed by atoms with Crippen LogP contribution < -0.4 is 10.6 Å². The van der Waals surface area contributed by atoms with Crippen LogP contribution in [0.1, 0.15) is 34.8 Å². The van der Waals surface area contributed by atoms with Crippen molar-refractivity contribution in [3.8, 4) is 5.69 Å². The van der Waals surface area contributed by atoms with Crippen LogP contribution in [0.2, 0.25) is 5.02 Å². The summed E-state index contributed by atoms with van der Waals surface area (Å²) in [5, 5.41) is 17.0. The normalized spacial score (nSPS) is 11.7. The highest BCUT2D eigenvalue weighted by Crippen LogP contribution is 2.20. The van der Waals surface area contributed by atoms with Gasteiger partial charge in [0.05, 0.1) is 18.2 Å². The van der Waals surface area contributed by atoms with Crippen molar-refractivity contribution in [1.29, 1.82) is 0 Å². The lowest BCUT2D eigenvalue weighted by atomic mass is 9.99. The number of amides is 2. The first-order valence-corrected chi connectivity index (χ1v) is 12.7. The monoisotopic (exact) mass is 556 g/mol. The van der Waals surface area contributed by atoms with E-state index in [9.17, 15) is 19.2 Å². The molecule has 40 heavy (non-hydrogen) atoms. The minimum absolute atomic E-state index is 0.0385. The van der Waals surface area contributed by atoms with E-state index in [1.807, 2.05) is 6.07 Å². The summed E-state index contributed by atoms with van der Waals surface area (Å²) >= 11 is 6.14. The highest BCUT2D eigenvalue weighted by atomic mass is 35.5. The lowest BCUT2D eigenvalue weighted by Crippen LogP contribution is -2.43. The Morgan fingerprint density at radius 3 is 2.42 bits per heavy atom. The molecule has 11 heteroatoms. The van der Waals surface area contributed by atoms with E-state index in [2.05, 4.69) is 26.2 Å². The van der Waals surface area contributed by atoms with Crippen molar-refractivity contribution in [2.24, 2.45) is 0 Å². The summed E-state index contributed by atoms with van der Waals surface area (Å²) in [6.45, 7) is 1.46. The van der Waals surface area contributed by atoms with Crippen LogP contribution in [-0.4, -0.2) is 49.6 Å². The zero-order valence-electron chi connectivity index (χ0n) is 21.5. The molecule has 0 radical (unpaired) electrons. The Morgan fingerprint density at radius 2 is 1.75 bits per heavy atom. The summed E-state index contributed by atoms with van der Waals surface area (Å²) < 4.78 is 1.42. The summed E-state index contributed by atoms with van der Waals surface area (Å²) in [7, 11) is 0. The number of benzene rings is 3. The average Bonchev–Trinajstić information content (AvgIpc) is 3.47. The van der Waals surface area contributed by atoms with E-state index >= 15 is 0 Å². The van der Waals surface area contributed by atoms with Crippen molar-refractivity contribution in [2.75, 3.05) is 5.32 Å². The van der Waals surface area contributed by atoms with Gasteiger partial charge in [-0.2, -0.15) is 4.68 Å². The van der Waals surface area contributed by atoms with Crippen LogP contribution in [-0.2, 0) is 20.8 Å². The number of nitrogens with one attached hydrogen (secondary N) is 2. The standard InChI is InChI=1S/C29H25ClN6O4/c1-19(37)21-9-7-20(8-10-21)15-27(38)25(17-29(40)32-24-5-3-2-4-6-24)33-28(39)14-11-22-16-23(30)12-13-26(22)36-18-31-34-35-36/h2-14,16,18,25H,15,17H2,1H3,(H,32,40)(H,33,39)/b14-11+/t25-/m0/s1. The fourth-order valence-electron chi connectivity index (χ4n) is 3.87. The molecule has 1 atom stereocenters. The van der Waals surface area contributed by atoms with Crippen molar-refractivity contribution in [3.63, 3.8) is 0 Å². The van der Waals surface area contributed by atoms with E-state index in [0.29, 0.717) is 33.1 Å². The van der Waals surface area contributed by atoms with Crippen LogP contribution >= 0.6 is 11.6 Å². The molecule has 2 N–H and O–H groups in total. The topological polar surface area (TPSA) is 136 Å². The largest absolute Gasteiger partial charge is 0.342 e. The van der Waals surface area contributed by atoms with E-state index < -0.39 is 17.9 Å². The van der Waals surface area contributed by atoms with Crippen molar-refractivity contribution in [3.05, 3.63) is 107 Å². The Kier molecular flexibility index (Phi) is 9.27. The molecule has 4 rings (SSSR count). The van der Waals surface area contributed by atoms with Gasteiger partial charge in [0.15, 0.2) is 11.6 Å². The van der Waals surface area contributed by atoms with Gasteiger partial charge in [-0.15, -0.1) is 5.10 Å². The Labute approximate surface area is 235 Å². The molecule has 4 aromatic rings. The number of hydrogen-bond donors (Lipinski definition) is 2. The number of hydrogen-bond acceptors (Lipinski definition) is 7. The third-order valence-corrected chi connectivity index (χ3v) is 6.13. The molecule has 0 bridgehead atoms. The van der Waals surface area contributed by atoms with Crippen LogP contribution in [0, 0.1) is 0 Å². The molecule has 1 aromatic heterocycles. The van der Waals surface area contributed by atoms with Crippen molar-refractivity contribution in [1.82, 2.24) is 25.5 Å². The lowest BCUT2D eigenvalue weighted by Gasteiger charge is -2.17. The molecule has 3 aromatic carbocycles. The van der Waals surface area contributed by atoms with E-state index in [0.717, 1.165) is 0 Å². The molecular formula is C29H25ClN6O4. The second-order valence-electron chi connectivity index (χ2n) is 8.87. The zero-order valence-corrected chi connectivity index (χ0v) is 22.2. The van der Waals surface area contributed by atoms with Crippen molar-refractivity contribution >= 4 is 46.7 Å². The molecule has 0 fully saturated rings. The van der Waals surface area contributed by atoms with Gasteiger partial charge in [-0.1, -0.05) is 54.1 Å².